The Morgan fingerprint density at radius 1 is 1.16 bits per heavy atom. The monoisotopic (exact) mass is 261 g/mol. The van der Waals surface area contributed by atoms with Gasteiger partial charge in [-0.15, -0.1) is 0 Å². The molecule has 1 aromatic heterocycles. The first-order chi connectivity index (χ1) is 9.35. The summed E-state index contributed by atoms with van der Waals surface area (Å²) < 4.78 is 11.1. The van der Waals surface area contributed by atoms with Crippen molar-refractivity contribution in [1.82, 2.24) is 4.98 Å². The molecule has 0 aliphatic rings. The fourth-order valence-electron chi connectivity index (χ4n) is 1.85. The van der Waals surface area contributed by atoms with Crippen LogP contribution in [0.25, 0.3) is 10.9 Å². The van der Waals surface area contributed by atoms with E-state index in [0.29, 0.717) is 18.9 Å². The number of rotatable bonds is 7. The lowest BCUT2D eigenvalue weighted by molar-refractivity contribution is 0.101. The van der Waals surface area contributed by atoms with Gasteiger partial charge in [0.2, 0.25) is 0 Å². The summed E-state index contributed by atoms with van der Waals surface area (Å²) >= 11 is 0. The van der Waals surface area contributed by atoms with Crippen LogP contribution in [0.1, 0.15) is 19.0 Å². The minimum Gasteiger partial charge on any atom is -0.490 e. The Balaban J connectivity index is 2.11. The summed E-state index contributed by atoms with van der Waals surface area (Å²) in [6, 6.07) is 9.52. The summed E-state index contributed by atoms with van der Waals surface area (Å²) in [6.45, 7) is 3.80. The standard InChI is InChI=1S/C15H19NO3/c1-2-7-18-8-9-19-15-10-12(11-17)16-14-6-4-3-5-13(14)15/h3-6,10,17H,2,7-9,11H2,1H3. The largest absolute Gasteiger partial charge is 0.490 e. The van der Waals surface area contributed by atoms with E-state index in [1.165, 1.54) is 0 Å². The van der Waals surface area contributed by atoms with Crippen LogP contribution in [0.3, 0.4) is 0 Å². The first-order valence-electron chi connectivity index (χ1n) is 6.55. The average molecular weight is 261 g/mol. The van der Waals surface area contributed by atoms with Crippen LogP contribution in [0, 0.1) is 0 Å². The van der Waals surface area contributed by atoms with Crippen LogP contribution in [-0.4, -0.2) is 29.9 Å². The molecule has 1 N–H and O–H groups in total. The van der Waals surface area contributed by atoms with Gasteiger partial charge in [-0.1, -0.05) is 19.1 Å². The van der Waals surface area contributed by atoms with Crippen molar-refractivity contribution in [1.29, 1.82) is 0 Å². The molecule has 2 aromatic rings. The van der Waals surface area contributed by atoms with Gasteiger partial charge in [-0.25, -0.2) is 0 Å². The van der Waals surface area contributed by atoms with Gasteiger partial charge in [0.05, 0.1) is 24.4 Å². The molecule has 0 radical (unpaired) electrons. The number of pyridine rings is 1. The highest BCUT2D eigenvalue weighted by Gasteiger charge is 2.06. The molecule has 0 atom stereocenters. The Bertz CT molecular complexity index is 528. The lowest BCUT2D eigenvalue weighted by Crippen LogP contribution is -2.08. The molecule has 0 saturated carbocycles. The first-order valence-corrected chi connectivity index (χ1v) is 6.55. The van der Waals surface area contributed by atoms with Crippen molar-refractivity contribution in [2.45, 2.75) is 20.0 Å². The normalized spacial score (nSPS) is 10.8. The van der Waals surface area contributed by atoms with E-state index < -0.39 is 0 Å². The fraction of sp³-hybridized carbons (Fsp3) is 0.400. The van der Waals surface area contributed by atoms with Crippen LogP contribution in [0.2, 0.25) is 0 Å². The van der Waals surface area contributed by atoms with Gasteiger partial charge < -0.3 is 14.6 Å². The van der Waals surface area contributed by atoms with Gasteiger partial charge in [-0.05, 0) is 18.6 Å². The van der Waals surface area contributed by atoms with Gasteiger partial charge in [0.25, 0.3) is 0 Å². The van der Waals surface area contributed by atoms with Crippen molar-refractivity contribution in [3.05, 3.63) is 36.0 Å². The molecule has 0 amide bonds. The number of aromatic nitrogens is 1. The molecular weight excluding hydrogens is 242 g/mol. The smallest absolute Gasteiger partial charge is 0.130 e. The van der Waals surface area contributed by atoms with E-state index in [0.717, 1.165) is 29.7 Å². The number of nitrogens with zero attached hydrogens (tertiary/aromatic N) is 1. The molecule has 0 unspecified atom stereocenters. The predicted octanol–water partition coefficient (Wildman–Crippen LogP) is 2.53. The van der Waals surface area contributed by atoms with Gasteiger partial charge in [0.15, 0.2) is 0 Å². The molecule has 0 bridgehead atoms. The Morgan fingerprint density at radius 2 is 2.00 bits per heavy atom. The molecule has 0 aliphatic carbocycles. The van der Waals surface area contributed by atoms with E-state index >= 15 is 0 Å². The van der Waals surface area contributed by atoms with Crippen LogP contribution < -0.4 is 4.74 Å². The third-order valence-corrected chi connectivity index (χ3v) is 2.73. The van der Waals surface area contributed by atoms with Crippen LogP contribution in [0.5, 0.6) is 5.75 Å². The van der Waals surface area contributed by atoms with Crippen LogP contribution >= 0.6 is 0 Å². The average Bonchev–Trinajstić information content (AvgIpc) is 2.46. The van der Waals surface area contributed by atoms with E-state index in [1.807, 2.05) is 24.3 Å². The zero-order valence-corrected chi connectivity index (χ0v) is 11.1. The Morgan fingerprint density at radius 3 is 2.79 bits per heavy atom. The molecule has 0 saturated heterocycles. The number of aliphatic hydroxyl groups is 1. The van der Waals surface area contributed by atoms with E-state index in [-0.39, 0.29) is 6.61 Å². The first kappa shape index (κ1) is 13.8. The summed E-state index contributed by atoms with van der Waals surface area (Å²) in [5.41, 5.74) is 1.45. The van der Waals surface area contributed by atoms with Gasteiger partial charge >= 0.3 is 0 Å². The minimum atomic E-state index is -0.0898. The van der Waals surface area contributed by atoms with Gasteiger partial charge in [0.1, 0.15) is 12.4 Å². The van der Waals surface area contributed by atoms with Crippen molar-refractivity contribution in [3.63, 3.8) is 0 Å². The minimum absolute atomic E-state index is 0.0898. The Kier molecular flexibility index (Phi) is 5.12. The fourth-order valence-corrected chi connectivity index (χ4v) is 1.85. The number of hydrogen-bond acceptors (Lipinski definition) is 4. The van der Waals surface area contributed by atoms with E-state index in [9.17, 15) is 5.11 Å². The zero-order chi connectivity index (χ0) is 13.5. The lowest BCUT2D eigenvalue weighted by Gasteiger charge is -2.10. The highest BCUT2D eigenvalue weighted by atomic mass is 16.5. The van der Waals surface area contributed by atoms with Gasteiger partial charge in [-0.3, -0.25) is 4.98 Å². The molecule has 102 valence electrons. The maximum absolute atomic E-state index is 9.22. The van der Waals surface area contributed by atoms with Crippen molar-refractivity contribution in [2.24, 2.45) is 0 Å². The number of para-hydroxylation sites is 1. The van der Waals surface area contributed by atoms with Crippen molar-refractivity contribution in [2.75, 3.05) is 19.8 Å². The molecule has 4 nitrogen and oxygen atoms in total. The molecule has 19 heavy (non-hydrogen) atoms. The third kappa shape index (κ3) is 3.66. The number of ether oxygens (including phenoxy) is 2. The number of benzene rings is 1. The number of fused-ring (bicyclic) bond motifs is 1. The summed E-state index contributed by atoms with van der Waals surface area (Å²) in [5.74, 6) is 0.745. The van der Waals surface area contributed by atoms with E-state index in [4.69, 9.17) is 9.47 Å². The third-order valence-electron chi connectivity index (χ3n) is 2.73. The molecule has 1 heterocycles. The molecule has 0 aliphatic heterocycles. The van der Waals surface area contributed by atoms with Crippen molar-refractivity contribution < 1.29 is 14.6 Å². The maximum atomic E-state index is 9.22. The highest BCUT2D eigenvalue weighted by molar-refractivity contribution is 5.85. The molecule has 4 heteroatoms. The second-order valence-electron chi connectivity index (χ2n) is 4.25. The SMILES string of the molecule is CCCOCCOc1cc(CO)nc2ccccc12. The molecule has 2 rings (SSSR count). The molecule has 0 spiro atoms. The van der Waals surface area contributed by atoms with Crippen molar-refractivity contribution in [3.8, 4) is 5.75 Å². The summed E-state index contributed by atoms with van der Waals surface area (Å²) in [4.78, 5) is 4.35. The van der Waals surface area contributed by atoms with E-state index in [1.54, 1.807) is 6.07 Å². The van der Waals surface area contributed by atoms with Crippen molar-refractivity contribution >= 4 is 10.9 Å². The highest BCUT2D eigenvalue weighted by Crippen LogP contribution is 2.25. The second-order valence-corrected chi connectivity index (χ2v) is 4.25. The topological polar surface area (TPSA) is 51.6 Å². The van der Waals surface area contributed by atoms with Gasteiger partial charge in [0, 0.05) is 18.1 Å². The molecule has 0 fully saturated rings. The number of aliphatic hydroxyl groups excluding tert-OH is 1. The molecular formula is C15H19NO3. The molecule has 1 aromatic carbocycles. The summed E-state index contributed by atoms with van der Waals surface area (Å²) in [6.07, 6.45) is 1.01. The van der Waals surface area contributed by atoms with Crippen LogP contribution in [0.15, 0.2) is 30.3 Å². The van der Waals surface area contributed by atoms with Gasteiger partial charge in [-0.2, -0.15) is 0 Å². The van der Waals surface area contributed by atoms with E-state index in [2.05, 4.69) is 11.9 Å². The Labute approximate surface area is 113 Å². The maximum Gasteiger partial charge on any atom is 0.130 e. The summed E-state index contributed by atoms with van der Waals surface area (Å²) in [5, 5.41) is 10.2. The number of hydrogen-bond donors (Lipinski definition) is 1. The second kappa shape index (κ2) is 7.07. The lowest BCUT2D eigenvalue weighted by atomic mass is 10.2. The van der Waals surface area contributed by atoms with Crippen LogP contribution in [-0.2, 0) is 11.3 Å². The zero-order valence-electron chi connectivity index (χ0n) is 11.1. The predicted molar refractivity (Wildman–Crippen MR) is 74.3 cm³/mol. The quantitative estimate of drug-likeness (QED) is 0.778. The Hall–Kier alpha value is -1.65. The van der Waals surface area contributed by atoms with Crippen LogP contribution in [0.4, 0.5) is 0 Å². The summed E-state index contributed by atoms with van der Waals surface area (Å²) in [7, 11) is 0.